The van der Waals surface area contributed by atoms with Gasteiger partial charge in [0.15, 0.2) is 5.82 Å². The van der Waals surface area contributed by atoms with E-state index in [1.807, 2.05) is 18.2 Å². The molecule has 0 bridgehead atoms. The Morgan fingerprint density at radius 3 is 1.94 bits per heavy atom. The Bertz CT molecular complexity index is 1210. The summed E-state index contributed by atoms with van der Waals surface area (Å²) in [4.78, 5) is 0. The second-order valence-corrected chi connectivity index (χ2v) is 9.90. The first-order valence-corrected chi connectivity index (χ1v) is 12.0. The first-order valence-electron chi connectivity index (χ1n) is 12.0. The number of rotatable bonds is 7. The summed E-state index contributed by atoms with van der Waals surface area (Å²) in [6.45, 7) is 13.5. The van der Waals surface area contributed by atoms with Gasteiger partial charge in [0.05, 0.1) is 5.82 Å². The molecule has 34 heavy (non-hydrogen) atoms. The van der Waals surface area contributed by atoms with Crippen LogP contribution in [0.25, 0.3) is 28.5 Å². The van der Waals surface area contributed by atoms with E-state index in [9.17, 15) is 0 Å². The molecule has 0 fully saturated rings. The number of aryl methyl sites for hydroxylation is 2. The molecule has 0 unspecified atom stereocenters. The predicted octanol–water partition coefficient (Wildman–Crippen LogP) is 7.41. The molecule has 4 heteroatoms. The normalized spacial score (nSPS) is 11.2. The van der Waals surface area contributed by atoms with E-state index in [0.29, 0.717) is 11.8 Å². The topological polar surface area (TPSA) is 30.7 Å². The third-order valence-corrected chi connectivity index (χ3v) is 5.89. The van der Waals surface area contributed by atoms with Gasteiger partial charge in [0.1, 0.15) is 0 Å². The molecule has 1 aromatic heterocycles. The van der Waals surface area contributed by atoms with Crippen molar-refractivity contribution in [2.45, 2.75) is 54.4 Å². The monoisotopic (exact) mass is 629 g/mol. The summed E-state index contributed by atoms with van der Waals surface area (Å²) in [6.07, 6.45) is 2.01. The largest absolute Gasteiger partial charge is 0.316 e. The molecule has 4 rings (SSSR count). The molecule has 0 saturated carbocycles. The van der Waals surface area contributed by atoms with Crippen LogP contribution < -0.4 is 0 Å². The van der Waals surface area contributed by atoms with Gasteiger partial charge in [-0.15, -0.1) is 41.0 Å². The molecule has 0 N–H and O–H groups in total. The Morgan fingerprint density at radius 1 is 0.794 bits per heavy atom. The van der Waals surface area contributed by atoms with E-state index < -0.39 is 0 Å². The molecule has 0 amide bonds. The first-order chi connectivity index (χ1) is 15.8. The molecule has 179 valence electrons. The summed E-state index contributed by atoms with van der Waals surface area (Å²) in [5.74, 6) is 2.82. The standard InChI is InChI=1S/C30H34N3.Ir/c1-20(2)16-25-18-22(5)19-26(17-21(3)4)28(25)33-29(24-13-8-7-9-14-24)31-32-30(33)27-15-11-10-12-23(27)6;/h7-13,15,18-21H,16-17H2,1-6H3;/q-1;. The molecule has 3 nitrogen and oxygen atoms in total. The maximum absolute atomic E-state index is 4.76. The minimum Gasteiger partial charge on any atom is -0.316 e. The van der Waals surface area contributed by atoms with Crippen molar-refractivity contribution in [2.75, 3.05) is 0 Å². The second kappa shape index (κ2) is 11.3. The summed E-state index contributed by atoms with van der Waals surface area (Å²) < 4.78 is 2.29. The average Bonchev–Trinajstić information content (AvgIpc) is 3.18. The minimum atomic E-state index is 0. The van der Waals surface area contributed by atoms with Crippen LogP contribution in [0.3, 0.4) is 0 Å². The fraction of sp³-hybridized carbons (Fsp3) is 0.333. The Morgan fingerprint density at radius 2 is 1.38 bits per heavy atom. The van der Waals surface area contributed by atoms with Crippen molar-refractivity contribution in [2.24, 2.45) is 11.8 Å². The van der Waals surface area contributed by atoms with E-state index in [1.165, 1.54) is 27.9 Å². The van der Waals surface area contributed by atoms with Gasteiger partial charge in [-0.3, -0.25) is 0 Å². The molecule has 0 spiro atoms. The van der Waals surface area contributed by atoms with E-state index >= 15 is 0 Å². The van der Waals surface area contributed by atoms with Crippen LogP contribution in [0.2, 0.25) is 0 Å². The smallest absolute Gasteiger partial charge is 0.159 e. The van der Waals surface area contributed by atoms with Gasteiger partial charge in [0, 0.05) is 31.4 Å². The van der Waals surface area contributed by atoms with Crippen molar-refractivity contribution in [3.05, 3.63) is 89.0 Å². The zero-order valence-electron chi connectivity index (χ0n) is 21.0. The molecular formula is C30H34IrN3-. The Hall–Kier alpha value is -2.55. The summed E-state index contributed by atoms with van der Waals surface area (Å²) in [6, 6.07) is 24.6. The van der Waals surface area contributed by atoms with Gasteiger partial charge in [0.2, 0.25) is 0 Å². The van der Waals surface area contributed by atoms with Crippen molar-refractivity contribution >= 4 is 0 Å². The summed E-state index contributed by atoms with van der Waals surface area (Å²) in [5.41, 5.74) is 8.51. The molecule has 0 aliphatic rings. The van der Waals surface area contributed by atoms with Crippen molar-refractivity contribution in [1.82, 2.24) is 14.8 Å². The summed E-state index contributed by atoms with van der Waals surface area (Å²) in [5, 5.41) is 9.48. The molecule has 1 radical (unpaired) electrons. The molecule has 1 heterocycles. The fourth-order valence-electron chi connectivity index (χ4n) is 4.61. The first kappa shape index (κ1) is 26.1. The zero-order chi connectivity index (χ0) is 23.5. The van der Waals surface area contributed by atoms with Crippen LogP contribution in [0.1, 0.15) is 49.9 Å². The van der Waals surface area contributed by atoms with Crippen LogP contribution in [0.15, 0.2) is 60.7 Å². The summed E-state index contributed by atoms with van der Waals surface area (Å²) >= 11 is 0. The van der Waals surface area contributed by atoms with Gasteiger partial charge in [-0.2, -0.15) is 5.10 Å². The van der Waals surface area contributed by atoms with Crippen LogP contribution in [0.4, 0.5) is 0 Å². The number of benzene rings is 3. The van der Waals surface area contributed by atoms with E-state index in [2.05, 4.69) is 94.6 Å². The molecule has 0 aliphatic carbocycles. The maximum atomic E-state index is 4.76. The van der Waals surface area contributed by atoms with Crippen LogP contribution in [-0.4, -0.2) is 14.8 Å². The third kappa shape index (κ3) is 5.56. The Labute approximate surface area is 218 Å². The van der Waals surface area contributed by atoms with Crippen LogP contribution >= 0.6 is 0 Å². The van der Waals surface area contributed by atoms with Gasteiger partial charge in [-0.25, -0.2) is 0 Å². The van der Waals surface area contributed by atoms with Crippen LogP contribution in [0.5, 0.6) is 0 Å². The Balaban J connectivity index is 0.00000324. The van der Waals surface area contributed by atoms with E-state index in [4.69, 9.17) is 10.2 Å². The average molecular weight is 629 g/mol. The molecule has 3 aromatic carbocycles. The zero-order valence-corrected chi connectivity index (χ0v) is 23.4. The van der Waals surface area contributed by atoms with Crippen molar-refractivity contribution in [3.8, 4) is 28.5 Å². The Kier molecular flexibility index (Phi) is 8.62. The minimum absolute atomic E-state index is 0. The van der Waals surface area contributed by atoms with Crippen LogP contribution in [-0.2, 0) is 32.9 Å². The summed E-state index contributed by atoms with van der Waals surface area (Å²) in [7, 11) is 0. The number of hydrogen-bond acceptors (Lipinski definition) is 2. The molecule has 0 aliphatic heterocycles. The van der Waals surface area contributed by atoms with Gasteiger partial charge in [-0.05, 0) is 55.2 Å². The SMILES string of the molecule is Cc1cc(CC(C)C)c(-n2c(-c3[c-]cccc3)nnc2-c2ccccc2C)c(CC(C)C)c1.[Ir]. The van der Waals surface area contributed by atoms with Crippen LogP contribution in [0, 0.1) is 31.7 Å². The van der Waals surface area contributed by atoms with Crippen molar-refractivity contribution in [1.29, 1.82) is 0 Å². The quantitative estimate of drug-likeness (QED) is 0.200. The number of aromatic nitrogens is 3. The van der Waals surface area contributed by atoms with Crippen molar-refractivity contribution < 1.29 is 20.1 Å². The molecule has 0 saturated heterocycles. The number of nitrogens with zero attached hydrogens (tertiary/aromatic N) is 3. The van der Waals surface area contributed by atoms with Gasteiger partial charge >= 0.3 is 0 Å². The predicted molar refractivity (Wildman–Crippen MR) is 138 cm³/mol. The van der Waals surface area contributed by atoms with E-state index in [1.54, 1.807) is 0 Å². The molecule has 4 aromatic rings. The molecule has 0 atom stereocenters. The molecular weight excluding hydrogens is 595 g/mol. The third-order valence-electron chi connectivity index (χ3n) is 5.89. The fourth-order valence-corrected chi connectivity index (χ4v) is 4.61. The van der Waals surface area contributed by atoms with E-state index in [0.717, 1.165) is 35.6 Å². The second-order valence-electron chi connectivity index (χ2n) is 9.90. The van der Waals surface area contributed by atoms with Gasteiger partial charge in [0.25, 0.3) is 0 Å². The van der Waals surface area contributed by atoms with E-state index in [-0.39, 0.29) is 20.1 Å². The van der Waals surface area contributed by atoms with Gasteiger partial charge in [-0.1, -0.05) is 69.7 Å². The number of hydrogen-bond donors (Lipinski definition) is 0. The van der Waals surface area contributed by atoms with Crippen molar-refractivity contribution in [3.63, 3.8) is 0 Å². The maximum Gasteiger partial charge on any atom is 0.159 e. The van der Waals surface area contributed by atoms with Gasteiger partial charge < -0.3 is 4.57 Å².